The molecule has 5 atom stereocenters. The first-order valence-electron chi connectivity index (χ1n) is 13.9. The van der Waals surface area contributed by atoms with Gasteiger partial charge in [-0.15, -0.1) is 6.58 Å². The molecule has 0 radical (unpaired) electrons. The number of fused-ring (bicyclic) bond motifs is 1. The highest BCUT2D eigenvalue weighted by atomic mass is 16.6. The summed E-state index contributed by atoms with van der Waals surface area (Å²) in [7, 11) is 1.69. The van der Waals surface area contributed by atoms with Crippen molar-refractivity contribution in [3.63, 3.8) is 0 Å². The number of allylic oxidation sites excluding steroid dienone is 1. The zero-order valence-corrected chi connectivity index (χ0v) is 22.4. The number of benzene rings is 1. The van der Waals surface area contributed by atoms with E-state index in [1.807, 2.05) is 41.3 Å². The summed E-state index contributed by atoms with van der Waals surface area (Å²) in [6.45, 7) is 8.69. The Morgan fingerprint density at radius 2 is 2.00 bits per heavy atom. The molecule has 4 heterocycles. The van der Waals surface area contributed by atoms with Gasteiger partial charge in [0.15, 0.2) is 12.0 Å². The number of pyridine rings is 1. The molecule has 6 rings (SSSR count). The minimum absolute atomic E-state index is 0.0706. The lowest BCUT2D eigenvalue weighted by molar-refractivity contribution is -0.156. The highest BCUT2D eigenvalue weighted by Crippen LogP contribution is 2.60. The van der Waals surface area contributed by atoms with Crippen molar-refractivity contribution in [2.75, 3.05) is 20.2 Å². The number of aromatic nitrogens is 1. The topological polar surface area (TPSA) is 76.0 Å². The molecule has 2 bridgehead atoms. The summed E-state index contributed by atoms with van der Waals surface area (Å²) in [5, 5.41) is 3.46. The number of methoxy groups -OCH3 is 1. The number of amides is 1. The predicted molar refractivity (Wildman–Crippen MR) is 147 cm³/mol. The second kappa shape index (κ2) is 9.93. The van der Waals surface area contributed by atoms with Gasteiger partial charge in [0.25, 0.3) is 0 Å². The summed E-state index contributed by atoms with van der Waals surface area (Å²) >= 11 is 0. The van der Waals surface area contributed by atoms with Gasteiger partial charge >= 0.3 is 0 Å². The number of hydrogen-bond acceptors (Lipinski definition) is 6. The van der Waals surface area contributed by atoms with Gasteiger partial charge in [0, 0.05) is 18.5 Å². The van der Waals surface area contributed by atoms with Crippen LogP contribution < -0.4 is 10.1 Å². The largest absolute Gasteiger partial charge is 0.497 e. The minimum atomic E-state index is -0.845. The average molecular weight is 515 g/mol. The number of aliphatic imine (C=N–C) groups is 1. The number of nitrogens with one attached hydrogen (secondary N) is 1. The van der Waals surface area contributed by atoms with E-state index in [-0.39, 0.29) is 24.0 Å². The van der Waals surface area contributed by atoms with E-state index in [1.165, 1.54) is 5.56 Å². The fraction of sp³-hybridized carbons (Fsp3) is 0.516. The summed E-state index contributed by atoms with van der Waals surface area (Å²) in [5.41, 5.74) is 1.62. The smallest absolute Gasteiger partial charge is 0.232 e. The third-order valence-corrected chi connectivity index (χ3v) is 9.49. The van der Waals surface area contributed by atoms with E-state index < -0.39 is 11.1 Å². The summed E-state index contributed by atoms with van der Waals surface area (Å²) in [6, 6.07) is 14.2. The number of carbonyl (C=O) groups is 1. The normalized spacial score (nSPS) is 33.0. The maximum Gasteiger partial charge on any atom is 0.232 e. The first-order chi connectivity index (χ1) is 18.5. The highest BCUT2D eigenvalue weighted by molar-refractivity contribution is 6.02. The maximum atomic E-state index is 14.6. The van der Waals surface area contributed by atoms with Gasteiger partial charge in [-0.2, -0.15) is 0 Å². The Kier molecular flexibility index (Phi) is 6.60. The molecule has 7 heteroatoms. The third kappa shape index (κ3) is 3.98. The van der Waals surface area contributed by atoms with E-state index in [0.717, 1.165) is 49.5 Å². The van der Waals surface area contributed by atoms with Crippen molar-refractivity contribution >= 4 is 11.6 Å². The SMILES string of the molecule is C=CC[C@]12C[C@@]3(O[C@H](C4CCNCC4)N=C3C[C@H](c3ccc(OC)cc3)[C@H]1C)N(Cc1ccccn1)C2=O. The van der Waals surface area contributed by atoms with Crippen LogP contribution in [0, 0.1) is 17.3 Å². The van der Waals surface area contributed by atoms with Crippen LogP contribution in [0.1, 0.15) is 56.2 Å². The fourth-order valence-electron chi connectivity index (χ4n) is 7.33. The van der Waals surface area contributed by atoms with Gasteiger partial charge in [0.2, 0.25) is 5.91 Å². The molecule has 2 aromatic rings. The van der Waals surface area contributed by atoms with Crippen molar-refractivity contribution in [2.24, 2.45) is 22.2 Å². The van der Waals surface area contributed by atoms with Crippen molar-refractivity contribution in [1.29, 1.82) is 0 Å². The van der Waals surface area contributed by atoms with E-state index in [9.17, 15) is 4.79 Å². The lowest BCUT2D eigenvalue weighted by Gasteiger charge is -2.40. The lowest BCUT2D eigenvalue weighted by Crippen LogP contribution is -2.53. The van der Waals surface area contributed by atoms with Crippen LogP contribution in [0.15, 0.2) is 66.3 Å². The zero-order chi connectivity index (χ0) is 26.3. The molecule has 1 N–H and O–H groups in total. The molecule has 4 aliphatic rings. The Morgan fingerprint density at radius 3 is 2.68 bits per heavy atom. The lowest BCUT2D eigenvalue weighted by atomic mass is 9.66. The van der Waals surface area contributed by atoms with Crippen LogP contribution in [0.4, 0.5) is 0 Å². The quantitative estimate of drug-likeness (QED) is 0.542. The first kappa shape index (κ1) is 25.3. The molecule has 200 valence electrons. The summed E-state index contributed by atoms with van der Waals surface area (Å²) in [6.07, 6.45) is 7.51. The fourth-order valence-corrected chi connectivity index (χ4v) is 7.33. The Morgan fingerprint density at radius 1 is 1.21 bits per heavy atom. The average Bonchev–Trinajstić information content (AvgIpc) is 3.40. The number of carbonyl (C=O) groups excluding carboxylic acids is 1. The predicted octanol–water partition coefficient (Wildman–Crippen LogP) is 4.70. The Bertz CT molecular complexity index is 1210. The number of piperidine rings is 1. The van der Waals surface area contributed by atoms with Crippen molar-refractivity contribution in [1.82, 2.24) is 15.2 Å². The van der Waals surface area contributed by atoms with Crippen molar-refractivity contribution < 1.29 is 14.3 Å². The molecule has 2 saturated heterocycles. The molecular weight excluding hydrogens is 476 g/mol. The molecule has 1 aromatic heterocycles. The van der Waals surface area contributed by atoms with Gasteiger partial charge < -0.3 is 19.7 Å². The first-order valence-corrected chi connectivity index (χ1v) is 13.9. The maximum absolute atomic E-state index is 14.6. The zero-order valence-electron chi connectivity index (χ0n) is 22.4. The molecule has 7 nitrogen and oxygen atoms in total. The van der Waals surface area contributed by atoms with Crippen LogP contribution in [0.5, 0.6) is 5.75 Å². The summed E-state index contributed by atoms with van der Waals surface area (Å²) in [4.78, 5) is 26.5. The van der Waals surface area contributed by atoms with Crippen molar-refractivity contribution in [3.8, 4) is 5.75 Å². The van der Waals surface area contributed by atoms with Crippen molar-refractivity contribution in [3.05, 3.63) is 72.6 Å². The van der Waals surface area contributed by atoms with E-state index in [4.69, 9.17) is 14.5 Å². The number of nitrogens with zero attached hydrogens (tertiary/aromatic N) is 3. The molecule has 1 saturated carbocycles. The Balaban J connectivity index is 1.46. The van der Waals surface area contributed by atoms with Crippen molar-refractivity contribution in [2.45, 2.75) is 63.4 Å². The van der Waals surface area contributed by atoms with Crippen LogP contribution in [-0.4, -0.2) is 53.7 Å². The number of ether oxygens (including phenoxy) is 2. The number of rotatable bonds is 7. The van der Waals surface area contributed by atoms with Gasteiger partial charge in [0.1, 0.15) is 5.75 Å². The molecule has 1 amide bonds. The van der Waals surface area contributed by atoms with Gasteiger partial charge in [-0.25, -0.2) is 0 Å². The van der Waals surface area contributed by atoms with Gasteiger partial charge in [-0.05, 0) is 80.4 Å². The van der Waals surface area contributed by atoms with Crippen LogP contribution in [0.2, 0.25) is 0 Å². The Hall–Kier alpha value is -3.03. The molecule has 38 heavy (non-hydrogen) atoms. The molecule has 1 spiro atoms. The van der Waals surface area contributed by atoms with E-state index in [0.29, 0.717) is 25.3 Å². The highest BCUT2D eigenvalue weighted by Gasteiger charge is 2.69. The second-order valence-electron chi connectivity index (χ2n) is 11.4. The van der Waals surface area contributed by atoms with E-state index >= 15 is 0 Å². The molecule has 1 aromatic carbocycles. The van der Waals surface area contributed by atoms with Crippen LogP contribution in [0.25, 0.3) is 0 Å². The van der Waals surface area contributed by atoms with E-state index in [1.54, 1.807) is 13.3 Å². The van der Waals surface area contributed by atoms with Crippen LogP contribution >= 0.6 is 0 Å². The molecule has 3 fully saturated rings. The standard InChI is InChI=1S/C31H38N4O3/c1-4-14-30-20-31(35(29(30)36)19-24-7-5-6-15-33-24)27(34-28(38-31)23-12-16-32-17-13-23)18-26(21(30)2)22-8-10-25(37-3)11-9-22/h4-11,15,21,23,26,28,32H,1,12-14,16-20H2,2-3H3/t21-,26+,28-,30+,31+/m1/s1. The molecule has 0 unspecified atom stereocenters. The van der Waals surface area contributed by atoms with Gasteiger partial charge in [-0.1, -0.05) is 31.2 Å². The molecule has 3 aliphatic heterocycles. The van der Waals surface area contributed by atoms with Gasteiger partial charge in [-0.3, -0.25) is 14.8 Å². The summed E-state index contributed by atoms with van der Waals surface area (Å²) < 4.78 is 12.5. The Labute approximate surface area is 225 Å². The monoisotopic (exact) mass is 514 g/mol. The summed E-state index contributed by atoms with van der Waals surface area (Å²) in [5.74, 6) is 1.52. The van der Waals surface area contributed by atoms with Gasteiger partial charge in [0.05, 0.1) is 30.5 Å². The number of likely N-dealkylation sites (tertiary alicyclic amines) is 1. The molecule has 1 aliphatic carbocycles. The number of hydrogen-bond donors (Lipinski definition) is 1. The third-order valence-electron chi connectivity index (χ3n) is 9.49. The minimum Gasteiger partial charge on any atom is -0.497 e. The molecular formula is C31H38N4O3. The second-order valence-corrected chi connectivity index (χ2v) is 11.4. The van der Waals surface area contributed by atoms with Crippen LogP contribution in [0.3, 0.4) is 0 Å². The van der Waals surface area contributed by atoms with Crippen LogP contribution in [-0.2, 0) is 16.1 Å². The van der Waals surface area contributed by atoms with E-state index in [2.05, 4.69) is 35.9 Å².